The summed E-state index contributed by atoms with van der Waals surface area (Å²) in [5.74, 6) is 0. The Morgan fingerprint density at radius 1 is 1.05 bits per heavy atom. The number of pyridine rings is 1. The first-order chi connectivity index (χ1) is 9.75. The average Bonchev–Trinajstić information content (AvgIpc) is 2.97. The van der Waals surface area contributed by atoms with Crippen molar-refractivity contribution in [2.75, 3.05) is 0 Å². The Hall–Kier alpha value is -2.17. The van der Waals surface area contributed by atoms with Gasteiger partial charge in [0.2, 0.25) is 0 Å². The number of para-hydroxylation sites is 1. The quantitative estimate of drug-likeness (QED) is 0.805. The molecule has 3 aromatic rings. The van der Waals surface area contributed by atoms with Gasteiger partial charge in [-0.1, -0.05) is 29.8 Å². The Labute approximate surface area is 121 Å². The largest absolute Gasteiger partial charge is 0.380 e. The minimum absolute atomic E-state index is 0.534. The Morgan fingerprint density at radius 3 is 2.55 bits per heavy atom. The molecule has 2 aromatic heterocycles. The minimum atomic E-state index is -0.852. The zero-order valence-corrected chi connectivity index (χ0v) is 11.3. The molecule has 0 aliphatic rings. The van der Waals surface area contributed by atoms with E-state index in [2.05, 4.69) is 10.1 Å². The number of hydrogen-bond acceptors (Lipinski definition) is 3. The molecule has 0 aliphatic heterocycles. The van der Waals surface area contributed by atoms with E-state index in [9.17, 15) is 5.11 Å². The van der Waals surface area contributed by atoms with Gasteiger partial charge in [0.05, 0.1) is 22.1 Å². The van der Waals surface area contributed by atoms with Crippen LogP contribution in [0.1, 0.15) is 17.5 Å². The van der Waals surface area contributed by atoms with Gasteiger partial charge in [-0.15, -0.1) is 0 Å². The van der Waals surface area contributed by atoms with E-state index in [1.54, 1.807) is 29.1 Å². The van der Waals surface area contributed by atoms with Crippen LogP contribution in [0.5, 0.6) is 0 Å². The summed E-state index contributed by atoms with van der Waals surface area (Å²) in [5.41, 5.74) is 2.08. The predicted molar refractivity (Wildman–Crippen MR) is 76.9 cm³/mol. The summed E-state index contributed by atoms with van der Waals surface area (Å²) < 4.78 is 1.70. The van der Waals surface area contributed by atoms with Crippen molar-refractivity contribution in [1.82, 2.24) is 14.8 Å². The summed E-state index contributed by atoms with van der Waals surface area (Å²) in [4.78, 5) is 4.15. The molecule has 0 bridgehead atoms. The third kappa shape index (κ3) is 2.43. The number of halogens is 1. The van der Waals surface area contributed by atoms with Gasteiger partial charge in [-0.2, -0.15) is 5.10 Å². The molecule has 4 nitrogen and oxygen atoms in total. The lowest BCUT2D eigenvalue weighted by Crippen LogP contribution is -2.09. The number of hydrogen-bond donors (Lipinski definition) is 1. The average molecular weight is 286 g/mol. The van der Waals surface area contributed by atoms with Crippen LogP contribution in [0.15, 0.2) is 60.9 Å². The van der Waals surface area contributed by atoms with Gasteiger partial charge in [0.25, 0.3) is 0 Å². The van der Waals surface area contributed by atoms with Crippen molar-refractivity contribution >= 4 is 11.6 Å². The molecule has 5 heteroatoms. The van der Waals surface area contributed by atoms with Crippen molar-refractivity contribution in [3.05, 3.63) is 77.3 Å². The van der Waals surface area contributed by atoms with E-state index in [1.165, 1.54) is 6.20 Å². The molecule has 0 aliphatic carbocycles. The molecule has 2 heterocycles. The summed E-state index contributed by atoms with van der Waals surface area (Å²) in [7, 11) is 0. The molecular weight excluding hydrogens is 274 g/mol. The van der Waals surface area contributed by atoms with Gasteiger partial charge in [-0.25, -0.2) is 4.68 Å². The lowest BCUT2D eigenvalue weighted by Gasteiger charge is -2.13. The Morgan fingerprint density at radius 2 is 1.85 bits per heavy atom. The van der Waals surface area contributed by atoms with Crippen LogP contribution in [0.25, 0.3) is 5.69 Å². The third-order valence-corrected chi connectivity index (χ3v) is 3.21. The maximum Gasteiger partial charge on any atom is 0.138 e. The third-order valence-electron chi connectivity index (χ3n) is 2.98. The van der Waals surface area contributed by atoms with Crippen LogP contribution in [-0.2, 0) is 0 Å². The lowest BCUT2D eigenvalue weighted by atomic mass is 10.1. The maximum absolute atomic E-state index is 10.4. The summed E-state index contributed by atoms with van der Waals surface area (Å²) in [6, 6.07) is 14.8. The molecule has 1 atom stereocenters. The maximum atomic E-state index is 10.4. The molecule has 20 heavy (non-hydrogen) atoms. The second-order valence-electron chi connectivity index (χ2n) is 4.31. The van der Waals surface area contributed by atoms with E-state index in [4.69, 9.17) is 11.6 Å². The van der Waals surface area contributed by atoms with Crippen molar-refractivity contribution in [3.8, 4) is 5.69 Å². The molecule has 0 fully saturated rings. The van der Waals surface area contributed by atoms with Gasteiger partial charge >= 0.3 is 0 Å². The van der Waals surface area contributed by atoms with Crippen molar-refractivity contribution in [2.24, 2.45) is 0 Å². The van der Waals surface area contributed by atoms with E-state index < -0.39 is 6.10 Å². The Balaban J connectivity index is 1.99. The van der Waals surface area contributed by atoms with Gasteiger partial charge < -0.3 is 5.11 Å². The standard InChI is InChI=1S/C15H12ClN3O/c16-11-6-7-13(17-10-11)15(20)14-8-9-18-19(14)12-4-2-1-3-5-12/h1-10,15,20H. The molecule has 0 amide bonds. The van der Waals surface area contributed by atoms with Crippen molar-refractivity contribution in [2.45, 2.75) is 6.10 Å². The van der Waals surface area contributed by atoms with Gasteiger partial charge in [0.1, 0.15) is 6.10 Å². The molecule has 100 valence electrons. The van der Waals surface area contributed by atoms with E-state index >= 15 is 0 Å². The Bertz CT molecular complexity index is 695. The SMILES string of the molecule is OC(c1ccc(Cl)cn1)c1ccnn1-c1ccccc1. The molecule has 1 unspecified atom stereocenters. The minimum Gasteiger partial charge on any atom is -0.380 e. The van der Waals surface area contributed by atoms with Gasteiger partial charge in [-0.3, -0.25) is 4.98 Å². The van der Waals surface area contributed by atoms with Gasteiger partial charge in [-0.05, 0) is 30.3 Å². The van der Waals surface area contributed by atoms with Crippen LogP contribution in [0.2, 0.25) is 5.02 Å². The number of aromatic nitrogens is 3. The smallest absolute Gasteiger partial charge is 0.138 e. The summed E-state index contributed by atoms with van der Waals surface area (Å²) >= 11 is 5.81. The number of benzene rings is 1. The van der Waals surface area contributed by atoms with Gasteiger partial charge in [0, 0.05) is 12.4 Å². The van der Waals surface area contributed by atoms with E-state index in [1.807, 2.05) is 30.3 Å². The monoisotopic (exact) mass is 285 g/mol. The molecule has 0 spiro atoms. The second kappa shape index (κ2) is 5.45. The fraction of sp³-hybridized carbons (Fsp3) is 0.0667. The van der Waals surface area contributed by atoms with Crippen LogP contribution in [0.4, 0.5) is 0 Å². The molecule has 1 aromatic carbocycles. The molecule has 0 radical (unpaired) electrons. The molecule has 1 N–H and O–H groups in total. The number of aliphatic hydroxyl groups is 1. The molecule has 3 rings (SSSR count). The first-order valence-electron chi connectivity index (χ1n) is 6.14. The van der Waals surface area contributed by atoms with Crippen LogP contribution < -0.4 is 0 Å². The highest BCUT2D eigenvalue weighted by atomic mass is 35.5. The summed E-state index contributed by atoms with van der Waals surface area (Å²) in [6.45, 7) is 0. The van der Waals surface area contributed by atoms with Crippen LogP contribution in [0, 0.1) is 0 Å². The summed E-state index contributed by atoms with van der Waals surface area (Å²) in [6.07, 6.45) is 2.32. The van der Waals surface area contributed by atoms with Crippen molar-refractivity contribution < 1.29 is 5.11 Å². The van der Waals surface area contributed by atoms with E-state index in [0.29, 0.717) is 16.4 Å². The number of aliphatic hydroxyl groups excluding tert-OH is 1. The topological polar surface area (TPSA) is 50.9 Å². The van der Waals surface area contributed by atoms with Crippen molar-refractivity contribution in [3.63, 3.8) is 0 Å². The predicted octanol–water partition coefficient (Wildman–Crippen LogP) is 3.00. The Kier molecular flexibility index (Phi) is 3.50. The second-order valence-corrected chi connectivity index (χ2v) is 4.74. The lowest BCUT2D eigenvalue weighted by molar-refractivity contribution is 0.207. The van der Waals surface area contributed by atoms with Crippen LogP contribution >= 0.6 is 11.6 Å². The van der Waals surface area contributed by atoms with E-state index in [-0.39, 0.29) is 0 Å². The highest BCUT2D eigenvalue weighted by molar-refractivity contribution is 6.30. The molecule has 0 saturated carbocycles. The first-order valence-corrected chi connectivity index (χ1v) is 6.52. The van der Waals surface area contributed by atoms with Gasteiger partial charge in [0.15, 0.2) is 0 Å². The van der Waals surface area contributed by atoms with Crippen LogP contribution in [-0.4, -0.2) is 19.9 Å². The van der Waals surface area contributed by atoms with Crippen LogP contribution in [0.3, 0.4) is 0 Å². The zero-order chi connectivity index (χ0) is 13.9. The first kappa shape index (κ1) is 12.8. The fourth-order valence-electron chi connectivity index (χ4n) is 2.01. The number of rotatable bonds is 3. The van der Waals surface area contributed by atoms with E-state index in [0.717, 1.165) is 5.69 Å². The molecule has 0 saturated heterocycles. The number of nitrogens with zero attached hydrogens (tertiary/aromatic N) is 3. The summed E-state index contributed by atoms with van der Waals surface area (Å²) in [5, 5.41) is 15.2. The van der Waals surface area contributed by atoms with Crippen molar-refractivity contribution in [1.29, 1.82) is 0 Å². The highest BCUT2D eigenvalue weighted by Crippen LogP contribution is 2.23. The normalized spacial score (nSPS) is 12.3. The zero-order valence-electron chi connectivity index (χ0n) is 10.5. The fourth-order valence-corrected chi connectivity index (χ4v) is 2.12. The molecular formula is C15H12ClN3O. The highest BCUT2D eigenvalue weighted by Gasteiger charge is 2.17.